The van der Waals surface area contributed by atoms with Crippen LogP contribution in [0.4, 0.5) is 0 Å². The van der Waals surface area contributed by atoms with E-state index >= 15 is 0 Å². The molecule has 0 amide bonds. The molecule has 0 aliphatic heterocycles. The minimum absolute atomic E-state index is 0.0330. The fraction of sp³-hybridized carbons (Fsp3) is 0.250. The number of sulfonamides is 1. The molecule has 2 aromatic rings. The lowest BCUT2D eigenvalue weighted by atomic mass is 10.0. The van der Waals surface area contributed by atoms with Gasteiger partial charge in [-0.1, -0.05) is 71.6 Å². The Morgan fingerprint density at radius 1 is 1.00 bits per heavy atom. The van der Waals surface area contributed by atoms with E-state index in [-0.39, 0.29) is 26.0 Å². The number of hydrogen-bond donors (Lipinski definition) is 1. The molecule has 0 radical (unpaired) electrons. The summed E-state index contributed by atoms with van der Waals surface area (Å²) in [5.41, 5.74) is 2.00. The van der Waals surface area contributed by atoms with Crippen LogP contribution < -0.4 is 4.72 Å². The van der Waals surface area contributed by atoms with Gasteiger partial charge < -0.3 is 0 Å². The standard InChI is InChI=1S/C16H16Cl3NO2S/c1-3-15(11-6-4-10(2)5-7-11)20-23(21,22)16-9-13(18)12(17)8-14(16)19/h4-9,15,20H,3H2,1-2H3. The zero-order valence-electron chi connectivity index (χ0n) is 12.6. The fourth-order valence-electron chi connectivity index (χ4n) is 2.15. The van der Waals surface area contributed by atoms with Crippen LogP contribution in [0.25, 0.3) is 0 Å². The number of hydrogen-bond acceptors (Lipinski definition) is 2. The second kappa shape index (κ2) is 7.41. The molecule has 0 spiro atoms. The molecule has 0 aliphatic carbocycles. The van der Waals surface area contributed by atoms with Crippen LogP contribution in [0.5, 0.6) is 0 Å². The van der Waals surface area contributed by atoms with E-state index in [1.54, 1.807) is 0 Å². The van der Waals surface area contributed by atoms with Gasteiger partial charge in [-0.05, 0) is 31.0 Å². The molecule has 2 rings (SSSR count). The Hall–Kier alpha value is -0.780. The number of aryl methyl sites for hydroxylation is 1. The van der Waals surface area contributed by atoms with E-state index in [9.17, 15) is 8.42 Å². The molecule has 0 fully saturated rings. The fourth-order valence-corrected chi connectivity index (χ4v) is 4.46. The molecule has 124 valence electrons. The van der Waals surface area contributed by atoms with Crippen molar-refractivity contribution < 1.29 is 8.42 Å². The third-order valence-electron chi connectivity index (χ3n) is 3.45. The Labute approximate surface area is 151 Å². The van der Waals surface area contributed by atoms with Crippen LogP contribution in [0, 0.1) is 6.92 Å². The van der Waals surface area contributed by atoms with Crippen LogP contribution in [-0.2, 0) is 10.0 Å². The lowest BCUT2D eigenvalue weighted by Gasteiger charge is -2.18. The van der Waals surface area contributed by atoms with E-state index in [0.717, 1.165) is 11.1 Å². The molecule has 7 heteroatoms. The SMILES string of the molecule is CCC(NS(=O)(=O)c1cc(Cl)c(Cl)cc1Cl)c1ccc(C)cc1. The van der Waals surface area contributed by atoms with Crippen molar-refractivity contribution in [3.63, 3.8) is 0 Å². The largest absolute Gasteiger partial charge is 0.242 e. The lowest BCUT2D eigenvalue weighted by Crippen LogP contribution is -2.28. The molecule has 0 bridgehead atoms. The van der Waals surface area contributed by atoms with Gasteiger partial charge in [0.05, 0.1) is 15.1 Å². The van der Waals surface area contributed by atoms with Gasteiger partial charge in [0.15, 0.2) is 0 Å². The predicted octanol–water partition coefficient (Wildman–Crippen LogP) is 5.38. The highest BCUT2D eigenvalue weighted by atomic mass is 35.5. The first kappa shape index (κ1) is 18.6. The maximum Gasteiger partial charge on any atom is 0.242 e. The average Bonchev–Trinajstić information content (AvgIpc) is 2.49. The van der Waals surface area contributed by atoms with Crippen LogP contribution in [0.15, 0.2) is 41.3 Å². The summed E-state index contributed by atoms with van der Waals surface area (Å²) in [5, 5.41) is 0.381. The Bertz CT molecular complexity index is 805. The third-order valence-corrected chi connectivity index (χ3v) is 6.11. The summed E-state index contributed by atoms with van der Waals surface area (Å²) in [6.45, 7) is 3.88. The molecule has 23 heavy (non-hydrogen) atoms. The van der Waals surface area contributed by atoms with Crippen molar-refractivity contribution in [1.82, 2.24) is 4.72 Å². The molecule has 0 saturated heterocycles. The zero-order valence-corrected chi connectivity index (χ0v) is 15.7. The molecule has 0 aromatic heterocycles. The minimum Gasteiger partial charge on any atom is -0.207 e. The predicted molar refractivity (Wildman–Crippen MR) is 96.0 cm³/mol. The summed E-state index contributed by atoms with van der Waals surface area (Å²) < 4.78 is 27.9. The minimum atomic E-state index is -3.82. The van der Waals surface area contributed by atoms with Crippen LogP contribution in [0.1, 0.15) is 30.5 Å². The van der Waals surface area contributed by atoms with Gasteiger partial charge in [-0.15, -0.1) is 0 Å². The maximum atomic E-state index is 12.6. The monoisotopic (exact) mass is 391 g/mol. The average molecular weight is 393 g/mol. The second-order valence-electron chi connectivity index (χ2n) is 5.19. The third kappa shape index (κ3) is 4.40. The molecular weight excluding hydrogens is 377 g/mol. The lowest BCUT2D eigenvalue weighted by molar-refractivity contribution is 0.550. The quantitative estimate of drug-likeness (QED) is 0.694. The molecule has 1 N–H and O–H groups in total. The summed E-state index contributed by atoms with van der Waals surface area (Å²) in [6, 6.07) is 9.93. The van der Waals surface area contributed by atoms with Crippen molar-refractivity contribution in [2.45, 2.75) is 31.2 Å². The molecule has 1 unspecified atom stereocenters. The van der Waals surface area contributed by atoms with E-state index in [0.29, 0.717) is 6.42 Å². The van der Waals surface area contributed by atoms with Gasteiger partial charge in [0.1, 0.15) is 4.90 Å². The summed E-state index contributed by atoms with van der Waals surface area (Å²) in [4.78, 5) is -0.0841. The number of nitrogens with one attached hydrogen (secondary N) is 1. The van der Waals surface area contributed by atoms with Crippen LogP contribution in [-0.4, -0.2) is 8.42 Å². The van der Waals surface area contributed by atoms with Crippen molar-refractivity contribution in [3.05, 3.63) is 62.6 Å². The first-order valence-electron chi connectivity index (χ1n) is 6.98. The Morgan fingerprint density at radius 3 is 2.13 bits per heavy atom. The molecule has 0 saturated carbocycles. The van der Waals surface area contributed by atoms with Crippen LogP contribution in [0.2, 0.25) is 15.1 Å². The Morgan fingerprint density at radius 2 is 1.57 bits per heavy atom. The Balaban J connectivity index is 2.36. The van der Waals surface area contributed by atoms with E-state index in [4.69, 9.17) is 34.8 Å². The van der Waals surface area contributed by atoms with Gasteiger partial charge in [0, 0.05) is 6.04 Å². The van der Waals surface area contributed by atoms with Crippen LogP contribution in [0.3, 0.4) is 0 Å². The van der Waals surface area contributed by atoms with Crippen molar-refractivity contribution >= 4 is 44.8 Å². The molecule has 2 aromatic carbocycles. The smallest absolute Gasteiger partial charge is 0.207 e. The van der Waals surface area contributed by atoms with E-state index in [2.05, 4.69) is 4.72 Å². The second-order valence-corrected chi connectivity index (χ2v) is 8.09. The maximum absolute atomic E-state index is 12.6. The number of benzene rings is 2. The highest BCUT2D eigenvalue weighted by Gasteiger charge is 2.24. The normalized spacial score (nSPS) is 13.1. The topological polar surface area (TPSA) is 46.2 Å². The molecule has 0 heterocycles. The van der Waals surface area contributed by atoms with Gasteiger partial charge in [-0.3, -0.25) is 0 Å². The summed E-state index contributed by atoms with van der Waals surface area (Å²) >= 11 is 17.8. The van der Waals surface area contributed by atoms with Gasteiger partial charge in [0.2, 0.25) is 10.0 Å². The van der Waals surface area contributed by atoms with Gasteiger partial charge in [0.25, 0.3) is 0 Å². The number of rotatable bonds is 5. The van der Waals surface area contributed by atoms with Crippen molar-refractivity contribution in [2.24, 2.45) is 0 Å². The Kier molecular flexibility index (Phi) is 5.98. The van der Waals surface area contributed by atoms with E-state index in [1.807, 2.05) is 38.1 Å². The van der Waals surface area contributed by atoms with Gasteiger partial charge in [-0.25, -0.2) is 13.1 Å². The van der Waals surface area contributed by atoms with Crippen molar-refractivity contribution in [3.8, 4) is 0 Å². The highest BCUT2D eigenvalue weighted by molar-refractivity contribution is 7.89. The van der Waals surface area contributed by atoms with Crippen molar-refractivity contribution in [2.75, 3.05) is 0 Å². The van der Waals surface area contributed by atoms with Crippen molar-refractivity contribution in [1.29, 1.82) is 0 Å². The zero-order chi connectivity index (χ0) is 17.2. The molecular formula is C16H16Cl3NO2S. The van der Waals surface area contributed by atoms with Crippen LogP contribution >= 0.6 is 34.8 Å². The van der Waals surface area contributed by atoms with E-state index < -0.39 is 10.0 Å². The number of halogens is 3. The highest BCUT2D eigenvalue weighted by Crippen LogP contribution is 2.32. The molecule has 3 nitrogen and oxygen atoms in total. The molecule has 0 aliphatic rings. The summed E-state index contributed by atoms with van der Waals surface area (Å²) in [5.74, 6) is 0. The van der Waals surface area contributed by atoms with Gasteiger partial charge >= 0.3 is 0 Å². The summed E-state index contributed by atoms with van der Waals surface area (Å²) in [6.07, 6.45) is 0.598. The van der Waals surface area contributed by atoms with Gasteiger partial charge in [-0.2, -0.15) is 0 Å². The van der Waals surface area contributed by atoms with E-state index in [1.165, 1.54) is 12.1 Å². The first-order chi connectivity index (χ1) is 10.7. The summed E-state index contributed by atoms with van der Waals surface area (Å²) in [7, 11) is -3.82. The molecule has 1 atom stereocenters. The first-order valence-corrected chi connectivity index (χ1v) is 9.59.